The maximum absolute atomic E-state index is 12.1. The summed E-state index contributed by atoms with van der Waals surface area (Å²) in [5.41, 5.74) is 2.08. The normalized spacial score (nSPS) is 18.1. The van der Waals surface area contributed by atoms with Crippen LogP contribution < -0.4 is 15.4 Å². The summed E-state index contributed by atoms with van der Waals surface area (Å²) >= 11 is 0. The lowest BCUT2D eigenvalue weighted by atomic mass is 9.97. The molecule has 3 rings (SSSR count). The largest absolute Gasteiger partial charge is 0.493 e. The van der Waals surface area contributed by atoms with Crippen molar-refractivity contribution in [2.45, 2.75) is 19.3 Å². The second-order valence-electron chi connectivity index (χ2n) is 4.93. The highest BCUT2D eigenvalue weighted by molar-refractivity contribution is 5.92. The molecule has 5 heteroatoms. The standard InChI is InChI=1S/C14H18N2O2.ClH/c17-14(10-3-6-15-7-4-10)16-12-1-2-13-11(9-12)5-8-18-13;/h1-2,9-10,15H,3-8H2,(H,16,17);1H. The van der Waals surface area contributed by atoms with E-state index in [9.17, 15) is 4.79 Å². The summed E-state index contributed by atoms with van der Waals surface area (Å²) in [5.74, 6) is 1.25. The molecule has 0 radical (unpaired) electrons. The van der Waals surface area contributed by atoms with Gasteiger partial charge in [0.05, 0.1) is 6.61 Å². The number of carbonyl (C=O) groups is 1. The van der Waals surface area contributed by atoms with Crippen molar-refractivity contribution in [3.63, 3.8) is 0 Å². The Morgan fingerprint density at radius 2 is 2.11 bits per heavy atom. The van der Waals surface area contributed by atoms with E-state index in [2.05, 4.69) is 10.6 Å². The molecule has 0 unspecified atom stereocenters. The molecule has 2 N–H and O–H groups in total. The van der Waals surface area contributed by atoms with Gasteiger partial charge >= 0.3 is 0 Å². The molecule has 4 nitrogen and oxygen atoms in total. The molecule has 0 spiro atoms. The van der Waals surface area contributed by atoms with E-state index in [4.69, 9.17) is 4.74 Å². The fraction of sp³-hybridized carbons (Fsp3) is 0.500. The van der Waals surface area contributed by atoms with Crippen LogP contribution in [0.2, 0.25) is 0 Å². The van der Waals surface area contributed by atoms with Crippen molar-refractivity contribution in [1.29, 1.82) is 0 Å². The maximum Gasteiger partial charge on any atom is 0.227 e. The molecule has 1 aromatic rings. The fourth-order valence-corrected chi connectivity index (χ4v) is 2.59. The summed E-state index contributed by atoms with van der Waals surface area (Å²) in [5, 5.41) is 6.29. The molecule has 104 valence electrons. The first kappa shape index (κ1) is 14.2. The third-order valence-electron chi connectivity index (χ3n) is 3.67. The van der Waals surface area contributed by atoms with E-state index in [1.807, 2.05) is 18.2 Å². The van der Waals surface area contributed by atoms with Crippen molar-refractivity contribution < 1.29 is 9.53 Å². The summed E-state index contributed by atoms with van der Waals surface area (Å²) < 4.78 is 5.45. The van der Waals surface area contributed by atoms with Crippen LogP contribution in [0.25, 0.3) is 0 Å². The number of carbonyl (C=O) groups excluding carboxylic acids is 1. The van der Waals surface area contributed by atoms with Gasteiger partial charge in [-0.3, -0.25) is 4.79 Å². The highest BCUT2D eigenvalue weighted by atomic mass is 35.5. The number of ether oxygens (including phenoxy) is 1. The average molecular weight is 283 g/mol. The third kappa shape index (κ3) is 3.19. The van der Waals surface area contributed by atoms with Crippen molar-refractivity contribution in [2.24, 2.45) is 5.92 Å². The van der Waals surface area contributed by atoms with Gasteiger partial charge in [-0.25, -0.2) is 0 Å². The van der Waals surface area contributed by atoms with Gasteiger partial charge < -0.3 is 15.4 Å². The zero-order valence-electron chi connectivity index (χ0n) is 10.8. The summed E-state index contributed by atoms with van der Waals surface area (Å²) in [6.07, 6.45) is 2.80. The predicted molar refractivity (Wildman–Crippen MR) is 77.1 cm³/mol. The first-order valence-electron chi connectivity index (χ1n) is 6.60. The minimum absolute atomic E-state index is 0. The van der Waals surface area contributed by atoms with Crippen LogP contribution in [0.15, 0.2) is 18.2 Å². The molecule has 2 heterocycles. The Balaban J connectivity index is 0.00000133. The molecule has 2 aliphatic rings. The third-order valence-corrected chi connectivity index (χ3v) is 3.67. The zero-order chi connectivity index (χ0) is 12.4. The number of hydrogen-bond acceptors (Lipinski definition) is 3. The van der Waals surface area contributed by atoms with Gasteiger partial charge in [0.2, 0.25) is 5.91 Å². The zero-order valence-corrected chi connectivity index (χ0v) is 11.6. The van der Waals surface area contributed by atoms with Gasteiger partial charge in [-0.05, 0) is 49.7 Å². The average Bonchev–Trinajstić information content (AvgIpc) is 2.87. The number of amides is 1. The van der Waals surface area contributed by atoms with Gasteiger partial charge in [0, 0.05) is 18.0 Å². The van der Waals surface area contributed by atoms with Crippen molar-refractivity contribution >= 4 is 24.0 Å². The van der Waals surface area contributed by atoms with Crippen LogP contribution in [0.3, 0.4) is 0 Å². The van der Waals surface area contributed by atoms with Crippen LogP contribution in [-0.2, 0) is 11.2 Å². The van der Waals surface area contributed by atoms with E-state index in [-0.39, 0.29) is 24.2 Å². The van der Waals surface area contributed by atoms with Gasteiger partial charge in [0.15, 0.2) is 0 Å². The van der Waals surface area contributed by atoms with E-state index in [0.29, 0.717) is 0 Å². The highest BCUT2D eigenvalue weighted by Crippen LogP contribution is 2.28. The van der Waals surface area contributed by atoms with E-state index < -0.39 is 0 Å². The number of rotatable bonds is 2. The first-order chi connectivity index (χ1) is 8.83. The summed E-state index contributed by atoms with van der Waals surface area (Å²) in [6, 6.07) is 5.89. The minimum Gasteiger partial charge on any atom is -0.493 e. The molecule has 0 atom stereocenters. The molecule has 1 saturated heterocycles. The van der Waals surface area contributed by atoms with Gasteiger partial charge in [0.25, 0.3) is 0 Å². The molecule has 0 aromatic heterocycles. The SMILES string of the molecule is Cl.O=C(Nc1ccc2c(c1)CCO2)C1CCNCC1. The quantitative estimate of drug-likeness (QED) is 0.872. The number of nitrogens with one attached hydrogen (secondary N) is 2. The molecule has 1 fully saturated rings. The van der Waals surface area contributed by atoms with E-state index >= 15 is 0 Å². The Morgan fingerprint density at radius 1 is 1.32 bits per heavy atom. The maximum atomic E-state index is 12.1. The Bertz CT molecular complexity index is 459. The molecule has 0 aliphatic carbocycles. The van der Waals surface area contributed by atoms with Gasteiger partial charge in [-0.1, -0.05) is 0 Å². The monoisotopic (exact) mass is 282 g/mol. The summed E-state index contributed by atoms with van der Waals surface area (Å²) in [6.45, 7) is 2.63. The van der Waals surface area contributed by atoms with Gasteiger partial charge in [0.1, 0.15) is 5.75 Å². The van der Waals surface area contributed by atoms with Gasteiger partial charge in [-0.2, -0.15) is 0 Å². The molecule has 19 heavy (non-hydrogen) atoms. The fourth-order valence-electron chi connectivity index (χ4n) is 2.59. The molecular weight excluding hydrogens is 264 g/mol. The lowest BCUT2D eigenvalue weighted by Crippen LogP contribution is -2.34. The van der Waals surface area contributed by atoms with Crippen molar-refractivity contribution in [1.82, 2.24) is 5.32 Å². The van der Waals surface area contributed by atoms with E-state index in [1.54, 1.807) is 0 Å². The van der Waals surface area contributed by atoms with Crippen LogP contribution >= 0.6 is 12.4 Å². The number of benzene rings is 1. The number of halogens is 1. The molecular formula is C14H19ClN2O2. The molecule has 1 aromatic carbocycles. The highest BCUT2D eigenvalue weighted by Gasteiger charge is 2.21. The lowest BCUT2D eigenvalue weighted by Gasteiger charge is -2.21. The minimum atomic E-state index is 0. The lowest BCUT2D eigenvalue weighted by molar-refractivity contribution is -0.120. The molecule has 0 saturated carbocycles. The van der Waals surface area contributed by atoms with E-state index in [0.717, 1.165) is 50.4 Å². The number of fused-ring (bicyclic) bond motifs is 1. The second kappa shape index (κ2) is 6.26. The van der Waals surface area contributed by atoms with Crippen LogP contribution in [0.5, 0.6) is 5.75 Å². The van der Waals surface area contributed by atoms with Crippen LogP contribution in [0, 0.1) is 5.92 Å². The topological polar surface area (TPSA) is 50.4 Å². The molecule has 2 aliphatic heterocycles. The Morgan fingerprint density at radius 3 is 2.89 bits per heavy atom. The summed E-state index contributed by atoms with van der Waals surface area (Å²) in [4.78, 5) is 12.1. The molecule has 1 amide bonds. The van der Waals surface area contributed by atoms with Gasteiger partial charge in [-0.15, -0.1) is 12.4 Å². The number of hydrogen-bond donors (Lipinski definition) is 2. The van der Waals surface area contributed by atoms with E-state index in [1.165, 1.54) is 5.56 Å². The smallest absolute Gasteiger partial charge is 0.227 e. The Labute approximate surface area is 119 Å². The van der Waals surface area contributed by atoms with Crippen molar-refractivity contribution in [3.05, 3.63) is 23.8 Å². The Hall–Kier alpha value is -1.26. The van der Waals surface area contributed by atoms with Crippen molar-refractivity contribution in [3.8, 4) is 5.75 Å². The van der Waals surface area contributed by atoms with Crippen LogP contribution in [0.1, 0.15) is 18.4 Å². The molecule has 0 bridgehead atoms. The number of anilines is 1. The van der Waals surface area contributed by atoms with Crippen molar-refractivity contribution in [2.75, 3.05) is 25.0 Å². The number of piperidine rings is 1. The van der Waals surface area contributed by atoms with Crippen LogP contribution in [-0.4, -0.2) is 25.6 Å². The summed E-state index contributed by atoms with van der Waals surface area (Å²) in [7, 11) is 0. The Kier molecular flexibility index (Phi) is 4.66. The second-order valence-corrected chi connectivity index (χ2v) is 4.93. The van der Waals surface area contributed by atoms with Crippen LogP contribution in [0.4, 0.5) is 5.69 Å². The first-order valence-corrected chi connectivity index (χ1v) is 6.60. The predicted octanol–water partition coefficient (Wildman–Crippen LogP) is 1.98.